The molecule has 0 aliphatic carbocycles. The molecule has 0 bridgehead atoms. The zero-order chi connectivity index (χ0) is 17.1. The predicted octanol–water partition coefficient (Wildman–Crippen LogP) is 4.91. The van der Waals surface area contributed by atoms with E-state index in [0.717, 1.165) is 10.0 Å². The average Bonchev–Trinajstić information content (AvgIpc) is 2.87. The standard InChI is InChI=1S/C18H15BrClN3O/c1-12-5-4-6-13(9-12)10-23-11-15(19)17(22-23)21-18(24)14-7-2-3-8-16(14)20/h2-9,11H,10H2,1H3,(H,21,22,24). The Kier molecular flexibility index (Phi) is 5.02. The molecule has 0 aliphatic rings. The molecule has 1 heterocycles. The Hall–Kier alpha value is -2.11. The highest BCUT2D eigenvalue weighted by Gasteiger charge is 2.14. The van der Waals surface area contributed by atoms with E-state index in [0.29, 0.717) is 22.9 Å². The van der Waals surface area contributed by atoms with Crippen molar-refractivity contribution in [1.82, 2.24) is 9.78 Å². The first-order valence-electron chi connectivity index (χ1n) is 7.37. The van der Waals surface area contributed by atoms with Crippen LogP contribution in [-0.2, 0) is 6.54 Å². The van der Waals surface area contributed by atoms with Crippen molar-refractivity contribution in [3.05, 3.63) is 80.9 Å². The highest BCUT2D eigenvalue weighted by molar-refractivity contribution is 9.10. The van der Waals surface area contributed by atoms with Crippen LogP contribution in [0.1, 0.15) is 21.5 Å². The normalized spacial score (nSPS) is 10.6. The Morgan fingerprint density at radius 3 is 2.79 bits per heavy atom. The summed E-state index contributed by atoms with van der Waals surface area (Å²) in [6.45, 7) is 2.68. The Bertz CT molecular complexity index is 891. The molecule has 3 aromatic rings. The first kappa shape index (κ1) is 16.7. The second kappa shape index (κ2) is 7.20. The van der Waals surface area contributed by atoms with Gasteiger partial charge in [0.05, 0.1) is 21.6 Å². The van der Waals surface area contributed by atoms with Gasteiger partial charge in [0.25, 0.3) is 5.91 Å². The molecule has 2 aromatic carbocycles. The van der Waals surface area contributed by atoms with Crippen LogP contribution >= 0.6 is 27.5 Å². The molecule has 0 saturated carbocycles. The SMILES string of the molecule is Cc1cccc(Cn2cc(Br)c(NC(=O)c3ccccc3Cl)n2)c1. The van der Waals surface area contributed by atoms with Crippen molar-refractivity contribution in [3.63, 3.8) is 0 Å². The molecule has 0 spiro atoms. The largest absolute Gasteiger partial charge is 0.304 e. The van der Waals surface area contributed by atoms with E-state index >= 15 is 0 Å². The predicted molar refractivity (Wildman–Crippen MR) is 99.6 cm³/mol. The summed E-state index contributed by atoms with van der Waals surface area (Å²) >= 11 is 9.49. The second-order valence-corrected chi connectivity index (χ2v) is 6.71. The molecule has 0 radical (unpaired) electrons. The van der Waals surface area contributed by atoms with E-state index < -0.39 is 0 Å². The maximum Gasteiger partial charge on any atom is 0.258 e. The zero-order valence-electron chi connectivity index (χ0n) is 13.0. The quantitative estimate of drug-likeness (QED) is 0.672. The van der Waals surface area contributed by atoms with Crippen LogP contribution in [0.5, 0.6) is 0 Å². The van der Waals surface area contributed by atoms with Gasteiger partial charge >= 0.3 is 0 Å². The molecule has 3 rings (SSSR count). The number of amides is 1. The van der Waals surface area contributed by atoms with E-state index in [1.807, 2.05) is 18.3 Å². The minimum Gasteiger partial charge on any atom is -0.304 e. The van der Waals surface area contributed by atoms with Crippen LogP contribution in [0, 0.1) is 6.92 Å². The number of nitrogens with one attached hydrogen (secondary N) is 1. The first-order chi connectivity index (χ1) is 11.5. The van der Waals surface area contributed by atoms with Crippen molar-refractivity contribution in [3.8, 4) is 0 Å². The van der Waals surface area contributed by atoms with Gasteiger partial charge in [-0.05, 0) is 40.5 Å². The van der Waals surface area contributed by atoms with Gasteiger partial charge in [0.2, 0.25) is 0 Å². The smallest absolute Gasteiger partial charge is 0.258 e. The molecule has 6 heteroatoms. The number of anilines is 1. The van der Waals surface area contributed by atoms with Gasteiger partial charge in [0, 0.05) is 6.20 Å². The summed E-state index contributed by atoms with van der Waals surface area (Å²) in [5.74, 6) is 0.176. The first-order valence-corrected chi connectivity index (χ1v) is 8.54. The number of hydrogen-bond donors (Lipinski definition) is 1. The van der Waals surface area contributed by atoms with Gasteiger partial charge in [-0.15, -0.1) is 0 Å². The number of nitrogens with zero attached hydrogens (tertiary/aromatic N) is 2. The Labute approximate surface area is 153 Å². The summed E-state index contributed by atoms with van der Waals surface area (Å²) in [5, 5.41) is 7.62. The van der Waals surface area contributed by atoms with Gasteiger partial charge in [-0.2, -0.15) is 5.10 Å². The van der Waals surface area contributed by atoms with Crippen molar-refractivity contribution in [2.45, 2.75) is 13.5 Å². The lowest BCUT2D eigenvalue weighted by Gasteiger charge is -2.05. The maximum absolute atomic E-state index is 12.3. The lowest BCUT2D eigenvalue weighted by atomic mass is 10.1. The fourth-order valence-electron chi connectivity index (χ4n) is 2.38. The number of aromatic nitrogens is 2. The van der Waals surface area contributed by atoms with Crippen LogP contribution in [0.4, 0.5) is 5.82 Å². The number of hydrogen-bond acceptors (Lipinski definition) is 2. The topological polar surface area (TPSA) is 46.9 Å². The molecule has 4 nitrogen and oxygen atoms in total. The molecular formula is C18H15BrClN3O. The van der Waals surface area contributed by atoms with Crippen molar-refractivity contribution in [2.75, 3.05) is 5.32 Å². The Morgan fingerprint density at radius 2 is 2.04 bits per heavy atom. The molecule has 24 heavy (non-hydrogen) atoms. The highest BCUT2D eigenvalue weighted by atomic mass is 79.9. The third-order valence-electron chi connectivity index (χ3n) is 3.49. The molecular weight excluding hydrogens is 390 g/mol. The number of rotatable bonds is 4. The fraction of sp³-hybridized carbons (Fsp3) is 0.111. The van der Waals surface area contributed by atoms with Crippen molar-refractivity contribution < 1.29 is 4.79 Å². The van der Waals surface area contributed by atoms with Crippen LogP contribution in [0.15, 0.2) is 59.2 Å². The van der Waals surface area contributed by atoms with Crippen LogP contribution in [0.3, 0.4) is 0 Å². The summed E-state index contributed by atoms with van der Waals surface area (Å²) in [6, 6.07) is 15.1. The summed E-state index contributed by atoms with van der Waals surface area (Å²) in [4.78, 5) is 12.3. The van der Waals surface area contributed by atoms with Gasteiger partial charge in [-0.25, -0.2) is 0 Å². The fourth-order valence-corrected chi connectivity index (χ4v) is 3.02. The number of halogens is 2. The van der Waals surface area contributed by atoms with E-state index in [-0.39, 0.29) is 5.91 Å². The molecule has 0 atom stereocenters. The minimum absolute atomic E-state index is 0.290. The van der Waals surface area contributed by atoms with Crippen LogP contribution < -0.4 is 5.32 Å². The molecule has 0 aliphatic heterocycles. The van der Waals surface area contributed by atoms with Gasteiger partial charge in [0.15, 0.2) is 5.82 Å². The minimum atomic E-state index is -0.290. The van der Waals surface area contributed by atoms with Gasteiger partial charge < -0.3 is 5.32 Å². The Morgan fingerprint density at radius 1 is 1.25 bits per heavy atom. The third kappa shape index (κ3) is 3.86. The summed E-state index contributed by atoms with van der Waals surface area (Å²) in [5.41, 5.74) is 2.76. The highest BCUT2D eigenvalue weighted by Crippen LogP contribution is 2.23. The molecule has 0 saturated heterocycles. The average molecular weight is 405 g/mol. The van der Waals surface area contributed by atoms with Gasteiger partial charge in [0.1, 0.15) is 0 Å². The third-order valence-corrected chi connectivity index (χ3v) is 4.40. The van der Waals surface area contributed by atoms with E-state index in [1.165, 1.54) is 5.56 Å². The summed E-state index contributed by atoms with van der Waals surface area (Å²) in [6.07, 6.45) is 1.84. The van der Waals surface area contributed by atoms with Crippen molar-refractivity contribution in [1.29, 1.82) is 0 Å². The summed E-state index contributed by atoms with van der Waals surface area (Å²) in [7, 11) is 0. The molecule has 1 N–H and O–H groups in total. The molecule has 1 amide bonds. The number of carbonyl (C=O) groups is 1. The van der Waals surface area contributed by atoms with E-state index in [9.17, 15) is 4.79 Å². The number of benzene rings is 2. The molecule has 0 fully saturated rings. The van der Waals surface area contributed by atoms with Crippen molar-refractivity contribution in [2.24, 2.45) is 0 Å². The molecule has 0 unspecified atom stereocenters. The van der Waals surface area contributed by atoms with Crippen molar-refractivity contribution >= 4 is 39.3 Å². The second-order valence-electron chi connectivity index (χ2n) is 5.45. The molecule has 1 aromatic heterocycles. The monoisotopic (exact) mass is 403 g/mol. The van der Waals surface area contributed by atoms with Gasteiger partial charge in [-0.1, -0.05) is 53.6 Å². The zero-order valence-corrected chi connectivity index (χ0v) is 15.3. The van der Waals surface area contributed by atoms with E-state index in [2.05, 4.69) is 45.4 Å². The van der Waals surface area contributed by atoms with E-state index in [1.54, 1.807) is 28.9 Å². The maximum atomic E-state index is 12.3. The molecule has 122 valence electrons. The summed E-state index contributed by atoms with van der Waals surface area (Å²) < 4.78 is 2.50. The lowest BCUT2D eigenvalue weighted by molar-refractivity contribution is 0.102. The number of aryl methyl sites for hydroxylation is 1. The Balaban J connectivity index is 1.77. The van der Waals surface area contributed by atoms with Gasteiger partial charge in [-0.3, -0.25) is 9.48 Å². The van der Waals surface area contributed by atoms with Crippen LogP contribution in [0.2, 0.25) is 5.02 Å². The lowest BCUT2D eigenvalue weighted by Crippen LogP contribution is -2.13. The van der Waals surface area contributed by atoms with Crippen LogP contribution in [-0.4, -0.2) is 15.7 Å². The van der Waals surface area contributed by atoms with E-state index in [4.69, 9.17) is 11.6 Å². The number of carbonyl (C=O) groups excluding carboxylic acids is 1. The van der Waals surface area contributed by atoms with Crippen LogP contribution in [0.25, 0.3) is 0 Å².